The molecule has 0 radical (unpaired) electrons. The summed E-state index contributed by atoms with van der Waals surface area (Å²) in [6.45, 7) is 1.79. The molecule has 2 aromatic heterocycles. The molecule has 0 aliphatic carbocycles. The van der Waals surface area contributed by atoms with Crippen molar-refractivity contribution in [3.8, 4) is 0 Å². The highest BCUT2D eigenvalue weighted by molar-refractivity contribution is 7.08. The summed E-state index contributed by atoms with van der Waals surface area (Å²) in [7, 11) is 0. The van der Waals surface area contributed by atoms with Gasteiger partial charge in [-0.25, -0.2) is 4.98 Å². The lowest BCUT2D eigenvalue weighted by molar-refractivity contribution is 0.0530. The van der Waals surface area contributed by atoms with E-state index in [-0.39, 0.29) is 12.5 Å². The number of halogens is 1. The van der Waals surface area contributed by atoms with Crippen molar-refractivity contribution in [1.29, 1.82) is 0 Å². The van der Waals surface area contributed by atoms with Crippen molar-refractivity contribution >= 4 is 28.8 Å². The van der Waals surface area contributed by atoms with E-state index in [2.05, 4.69) is 10.3 Å². The summed E-state index contributed by atoms with van der Waals surface area (Å²) in [5, 5.41) is 17.0. The van der Waals surface area contributed by atoms with E-state index in [0.717, 1.165) is 5.56 Å². The summed E-state index contributed by atoms with van der Waals surface area (Å²) in [5.41, 5.74) is 0.104. The Morgan fingerprint density at radius 1 is 1.53 bits per heavy atom. The molecule has 0 aliphatic heterocycles. The predicted molar refractivity (Wildman–Crippen MR) is 75.5 cm³/mol. The van der Waals surface area contributed by atoms with Crippen molar-refractivity contribution in [1.82, 2.24) is 10.3 Å². The van der Waals surface area contributed by atoms with Crippen molar-refractivity contribution in [3.63, 3.8) is 0 Å². The molecule has 2 rings (SSSR count). The summed E-state index contributed by atoms with van der Waals surface area (Å²) in [6, 6.07) is 4.97. The van der Waals surface area contributed by atoms with Crippen molar-refractivity contribution < 1.29 is 9.90 Å². The number of aliphatic hydroxyl groups is 1. The fourth-order valence-electron chi connectivity index (χ4n) is 1.54. The number of rotatable bonds is 4. The van der Waals surface area contributed by atoms with Crippen LogP contribution in [0.3, 0.4) is 0 Å². The maximum atomic E-state index is 11.9. The van der Waals surface area contributed by atoms with Gasteiger partial charge in [-0.2, -0.15) is 11.3 Å². The van der Waals surface area contributed by atoms with Crippen LogP contribution in [0, 0.1) is 0 Å². The van der Waals surface area contributed by atoms with Gasteiger partial charge in [0.15, 0.2) is 0 Å². The highest BCUT2D eigenvalue weighted by Gasteiger charge is 2.24. The second-order valence-corrected chi connectivity index (χ2v) is 5.51. The first-order chi connectivity index (χ1) is 8.99. The maximum Gasteiger partial charge on any atom is 0.252 e. The number of nitrogens with zero attached hydrogens (tertiary/aromatic N) is 1. The van der Waals surface area contributed by atoms with Crippen LogP contribution < -0.4 is 5.32 Å². The maximum absolute atomic E-state index is 11.9. The van der Waals surface area contributed by atoms with Crippen LogP contribution in [0.2, 0.25) is 5.15 Å². The average molecular weight is 297 g/mol. The summed E-state index contributed by atoms with van der Waals surface area (Å²) in [6.07, 6.45) is 1.40. The number of carbonyl (C=O) groups excluding carboxylic acids is 1. The predicted octanol–water partition coefficient (Wildman–Crippen LogP) is 2.43. The van der Waals surface area contributed by atoms with E-state index in [0.29, 0.717) is 10.7 Å². The second kappa shape index (κ2) is 5.69. The third kappa shape index (κ3) is 3.53. The lowest BCUT2D eigenvalue weighted by Gasteiger charge is -2.22. The minimum Gasteiger partial charge on any atom is -0.384 e. The first-order valence-electron chi connectivity index (χ1n) is 5.64. The molecule has 1 unspecified atom stereocenters. The number of carbonyl (C=O) groups is 1. The normalized spacial score (nSPS) is 13.8. The lowest BCUT2D eigenvalue weighted by atomic mass is 9.99. The van der Waals surface area contributed by atoms with E-state index in [1.165, 1.54) is 17.5 Å². The summed E-state index contributed by atoms with van der Waals surface area (Å²) < 4.78 is 0. The Kier molecular flexibility index (Phi) is 4.19. The second-order valence-electron chi connectivity index (χ2n) is 4.34. The minimum absolute atomic E-state index is 0.130. The van der Waals surface area contributed by atoms with Gasteiger partial charge in [-0.3, -0.25) is 4.79 Å². The molecule has 0 saturated carbocycles. The average Bonchev–Trinajstić information content (AvgIpc) is 2.91. The van der Waals surface area contributed by atoms with E-state index < -0.39 is 5.60 Å². The van der Waals surface area contributed by atoms with Crippen molar-refractivity contribution in [3.05, 3.63) is 51.4 Å². The van der Waals surface area contributed by atoms with Crippen LogP contribution in [-0.4, -0.2) is 22.5 Å². The number of hydrogen-bond donors (Lipinski definition) is 2. The molecule has 0 spiro atoms. The molecule has 0 saturated heterocycles. The number of nitrogens with one attached hydrogen (secondary N) is 1. The molecule has 0 fully saturated rings. The Bertz CT molecular complexity index is 553. The molecule has 2 N–H and O–H groups in total. The number of thiophene rings is 1. The van der Waals surface area contributed by atoms with Crippen LogP contribution in [0.15, 0.2) is 35.2 Å². The molecular weight excluding hydrogens is 284 g/mol. The zero-order valence-electron chi connectivity index (χ0n) is 10.3. The van der Waals surface area contributed by atoms with Gasteiger partial charge in [-0.05, 0) is 41.4 Å². The standard InChI is InChI=1S/C13H13ClN2O2S/c1-13(18,10-4-5-19-7-10)8-16-12(17)9-2-3-11(14)15-6-9/h2-7,18H,8H2,1H3,(H,16,17). The van der Waals surface area contributed by atoms with Gasteiger partial charge >= 0.3 is 0 Å². The molecule has 0 bridgehead atoms. The SMILES string of the molecule is CC(O)(CNC(=O)c1ccc(Cl)nc1)c1ccsc1. The molecular formula is C13H13ClN2O2S. The smallest absolute Gasteiger partial charge is 0.252 e. The molecule has 2 heterocycles. The molecule has 1 amide bonds. The zero-order chi connectivity index (χ0) is 13.9. The number of aromatic nitrogens is 1. The third-order valence-corrected chi connectivity index (χ3v) is 3.63. The van der Waals surface area contributed by atoms with E-state index in [9.17, 15) is 9.90 Å². The van der Waals surface area contributed by atoms with Crippen molar-refractivity contribution in [2.45, 2.75) is 12.5 Å². The Morgan fingerprint density at radius 3 is 2.89 bits per heavy atom. The molecule has 100 valence electrons. The van der Waals surface area contributed by atoms with Gasteiger partial charge in [0.25, 0.3) is 5.91 Å². The topological polar surface area (TPSA) is 62.2 Å². The molecule has 0 aliphatic rings. The van der Waals surface area contributed by atoms with Crippen LogP contribution in [0.25, 0.3) is 0 Å². The van der Waals surface area contributed by atoms with Crippen LogP contribution in [0.5, 0.6) is 0 Å². The van der Waals surface area contributed by atoms with E-state index in [4.69, 9.17) is 11.6 Å². The first-order valence-corrected chi connectivity index (χ1v) is 6.96. The highest BCUT2D eigenvalue weighted by atomic mass is 35.5. The molecule has 1 atom stereocenters. The zero-order valence-corrected chi connectivity index (χ0v) is 11.8. The Balaban J connectivity index is 1.99. The molecule has 19 heavy (non-hydrogen) atoms. The first kappa shape index (κ1) is 14.0. The Morgan fingerprint density at radius 2 is 2.32 bits per heavy atom. The monoisotopic (exact) mass is 296 g/mol. The van der Waals surface area contributed by atoms with Gasteiger partial charge < -0.3 is 10.4 Å². The van der Waals surface area contributed by atoms with Crippen LogP contribution in [0.1, 0.15) is 22.8 Å². The van der Waals surface area contributed by atoms with Crippen LogP contribution in [0.4, 0.5) is 0 Å². The van der Waals surface area contributed by atoms with Gasteiger partial charge in [-0.15, -0.1) is 0 Å². The lowest BCUT2D eigenvalue weighted by Crippen LogP contribution is -2.38. The van der Waals surface area contributed by atoms with Gasteiger partial charge in [0.1, 0.15) is 10.8 Å². The molecule has 6 heteroatoms. The van der Waals surface area contributed by atoms with Gasteiger partial charge in [0, 0.05) is 6.20 Å². The molecule has 4 nitrogen and oxygen atoms in total. The molecule has 0 aromatic carbocycles. The van der Waals surface area contributed by atoms with E-state index >= 15 is 0 Å². The minimum atomic E-state index is -1.09. The Hall–Kier alpha value is -1.43. The number of amides is 1. The largest absolute Gasteiger partial charge is 0.384 e. The summed E-state index contributed by atoms with van der Waals surface area (Å²) in [4.78, 5) is 15.7. The van der Waals surface area contributed by atoms with Crippen molar-refractivity contribution in [2.75, 3.05) is 6.54 Å². The van der Waals surface area contributed by atoms with E-state index in [1.807, 2.05) is 16.8 Å². The fraction of sp³-hybridized carbons (Fsp3) is 0.231. The highest BCUT2D eigenvalue weighted by Crippen LogP contribution is 2.22. The number of hydrogen-bond acceptors (Lipinski definition) is 4. The van der Waals surface area contributed by atoms with Crippen molar-refractivity contribution in [2.24, 2.45) is 0 Å². The Labute approximate surface area is 120 Å². The van der Waals surface area contributed by atoms with Gasteiger partial charge in [0.05, 0.1) is 12.1 Å². The van der Waals surface area contributed by atoms with E-state index in [1.54, 1.807) is 19.1 Å². The third-order valence-electron chi connectivity index (χ3n) is 2.73. The van der Waals surface area contributed by atoms with Crippen LogP contribution in [-0.2, 0) is 5.60 Å². The summed E-state index contributed by atoms with van der Waals surface area (Å²) >= 11 is 7.15. The van der Waals surface area contributed by atoms with Gasteiger partial charge in [0.2, 0.25) is 0 Å². The van der Waals surface area contributed by atoms with Gasteiger partial charge in [-0.1, -0.05) is 11.6 Å². The summed E-state index contributed by atoms with van der Waals surface area (Å²) in [5.74, 6) is -0.292. The molecule has 2 aromatic rings. The fourth-order valence-corrected chi connectivity index (χ4v) is 2.43. The quantitative estimate of drug-likeness (QED) is 0.852. The van der Waals surface area contributed by atoms with Crippen LogP contribution >= 0.6 is 22.9 Å². The number of pyridine rings is 1.